The summed E-state index contributed by atoms with van der Waals surface area (Å²) in [5.41, 5.74) is 5.76. The monoisotopic (exact) mass is 252 g/mol. The Morgan fingerprint density at radius 3 is 2.28 bits per heavy atom. The maximum Gasteiger partial charge on any atom is 0.223 e. The zero-order valence-electron chi connectivity index (χ0n) is 11.5. The van der Waals surface area contributed by atoms with Gasteiger partial charge >= 0.3 is 0 Å². The van der Waals surface area contributed by atoms with E-state index in [1.807, 2.05) is 0 Å². The molecule has 104 valence electrons. The summed E-state index contributed by atoms with van der Waals surface area (Å²) in [5.74, 6) is 0.910. The lowest BCUT2D eigenvalue weighted by Crippen LogP contribution is -2.41. The largest absolute Gasteiger partial charge is 0.353 e. The molecule has 3 N–H and O–H groups in total. The summed E-state index contributed by atoms with van der Waals surface area (Å²) < 4.78 is 0. The van der Waals surface area contributed by atoms with Gasteiger partial charge in [-0.15, -0.1) is 0 Å². The van der Waals surface area contributed by atoms with E-state index in [4.69, 9.17) is 5.73 Å². The van der Waals surface area contributed by atoms with Crippen molar-refractivity contribution in [2.75, 3.05) is 6.54 Å². The molecule has 0 spiro atoms. The Kier molecular flexibility index (Phi) is 5.48. The Balaban J connectivity index is 1.81. The maximum atomic E-state index is 12.3. The third-order valence-corrected chi connectivity index (χ3v) is 4.75. The van der Waals surface area contributed by atoms with Crippen LogP contribution in [0.4, 0.5) is 0 Å². The number of carbonyl (C=O) groups excluding carboxylic acids is 1. The first kappa shape index (κ1) is 13.9. The highest BCUT2D eigenvalue weighted by molar-refractivity contribution is 5.79. The second kappa shape index (κ2) is 7.13. The van der Waals surface area contributed by atoms with Crippen molar-refractivity contribution >= 4 is 5.91 Å². The molecule has 18 heavy (non-hydrogen) atoms. The fourth-order valence-corrected chi connectivity index (χ4v) is 3.57. The minimum absolute atomic E-state index is 0.195. The van der Waals surface area contributed by atoms with Gasteiger partial charge < -0.3 is 11.1 Å². The molecule has 2 saturated carbocycles. The van der Waals surface area contributed by atoms with Crippen LogP contribution in [0.3, 0.4) is 0 Å². The molecule has 1 amide bonds. The van der Waals surface area contributed by atoms with Crippen LogP contribution in [-0.4, -0.2) is 18.5 Å². The van der Waals surface area contributed by atoms with Crippen LogP contribution in [0, 0.1) is 11.8 Å². The van der Waals surface area contributed by atoms with Crippen molar-refractivity contribution in [2.45, 2.75) is 70.3 Å². The smallest absolute Gasteiger partial charge is 0.223 e. The van der Waals surface area contributed by atoms with Crippen LogP contribution in [0.2, 0.25) is 0 Å². The number of nitrogens with one attached hydrogen (secondary N) is 1. The molecule has 3 heteroatoms. The summed E-state index contributed by atoms with van der Waals surface area (Å²) in [4.78, 5) is 12.3. The molecule has 2 aliphatic rings. The van der Waals surface area contributed by atoms with E-state index in [1.165, 1.54) is 51.4 Å². The predicted molar refractivity (Wildman–Crippen MR) is 74.1 cm³/mol. The summed E-state index contributed by atoms with van der Waals surface area (Å²) in [6, 6.07) is 0.428. The molecular weight excluding hydrogens is 224 g/mol. The first-order valence-electron chi connectivity index (χ1n) is 7.81. The third-order valence-electron chi connectivity index (χ3n) is 4.75. The van der Waals surface area contributed by atoms with Crippen molar-refractivity contribution in [1.29, 1.82) is 0 Å². The van der Waals surface area contributed by atoms with E-state index in [9.17, 15) is 4.79 Å². The molecule has 2 aliphatic carbocycles. The molecule has 3 nitrogen and oxygen atoms in total. The fraction of sp³-hybridized carbons (Fsp3) is 0.933. The van der Waals surface area contributed by atoms with Crippen molar-refractivity contribution in [3.63, 3.8) is 0 Å². The SMILES string of the molecule is NC[C@H]1CCC[C@H]1C(=O)NC1CCCCCCC1. The summed E-state index contributed by atoms with van der Waals surface area (Å²) >= 11 is 0. The van der Waals surface area contributed by atoms with Crippen molar-refractivity contribution in [1.82, 2.24) is 5.32 Å². The highest BCUT2D eigenvalue weighted by atomic mass is 16.2. The molecule has 0 unspecified atom stereocenters. The lowest BCUT2D eigenvalue weighted by Gasteiger charge is -2.24. The van der Waals surface area contributed by atoms with Gasteiger partial charge in [-0.1, -0.05) is 38.5 Å². The Morgan fingerprint density at radius 1 is 0.944 bits per heavy atom. The number of nitrogens with two attached hydrogens (primary N) is 1. The lowest BCUT2D eigenvalue weighted by atomic mass is 9.93. The van der Waals surface area contributed by atoms with Crippen LogP contribution >= 0.6 is 0 Å². The molecule has 0 aliphatic heterocycles. The Hall–Kier alpha value is -0.570. The molecule has 0 aromatic carbocycles. The number of rotatable bonds is 3. The number of hydrogen-bond acceptors (Lipinski definition) is 2. The molecule has 0 radical (unpaired) electrons. The Morgan fingerprint density at radius 2 is 1.61 bits per heavy atom. The number of amides is 1. The van der Waals surface area contributed by atoms with Gasteiger partial charge in [-0.3, -0.25) is 4.79 Å². The average molecular weight is 252 g/mol. The van der Waals surface area contributed by atoms with Crippen LogP contribution in [0.1, 0.15) is 64.2 Å². The number of hydrogen-bond donors (Lipinski definition) is 2. The quantitative estimate of drug-likeness (QED) is 0.811. The van der Waals surface area contributed by atoms with E-state index in [1.54, 1.807) is 0 Å². The van der Waals surface area contributed by atoms with Crippen molar-refractivity contribution in [3.8, 4) is 0 Å². The summed E-state index contributed by atoms with van der Waals surface area (Å²) in [5, 5.41) is 3.30. The van der Waals surface area contributed by atoms with E-state index >= 15 is 0 Å². The highest BCUT2D eigenvalue weighted by Gasteiger charge is 2.32. The van der Waals surface area contributed by atoms with Gasteiger partial charge in [-0.2, -0.15) is 0 Å². The minimum atomic E-state index is 0.195. The standard InChI is InChI=1S/C15H28N2O/c16-11-12-7-6-10-14(12)15(18)17-13-8-4-2-1-3-5-9-13/h12-14H,1-11,16H2,(H,17,18)/t12-,14-/m1/s1. The molecule has 2 rings (SSSR count). The normalized spacial score (nSPS) is 30.7. The van der Waals surface area contributed by atoms with Gasteiger partial charge in [0.15, 0.2) is 0 Å². The molecule has 0 saturated heterocycles. The van der Waals surface area contributed by atoms with Gasteiger partial charge in [-0.25, -0.2) is 0 Å². The van der Waals surface area contributed by atoms with Gasteiger partial charge in [-0.05, 0) is 38.1 Å². The fourth-order valence-electron chi connectivity index (χ4n) is 3.57. The first-order chi connectivity index (χ1) is 8.81. The van der Waals surface area contributed by atoms with Crippen molar-refractivity contribution < 1.29 is 4.79 Å². The third kappa shape index (κ3) is 3.71. The Bertz CT molecular complexity index is 259. The van der Waals surface area contributed by atoms with Gasteiger partial charge in [0.05, 0.1) is 0 Å². The van der Waals surface area contributed by atoms with Gasteiger partial charge in [0.1, 0.15) is 0 Å². The van der Waals surface area contributed by atoms with Gasteiger partial charge in [0.25, 0.3) is 0 Å². The van der Waals surface area contributed by atoms with E-state index in [2.05, 4.69) is 5.32 Å². The molecule has 0 aromatic rings. The van der Waals surface area contributed by atoms with Gasteiger partial charge in [0.2, 0.25) is 5.91 Å². The first-order valence-corrected chi connectivity index (χ1v) is 7.81. The zero-order chi connectivity index (χ0) is 12.8. The molecule has 0 bridgehead atoms. The summed E-state index contributed by atoms with van der Waals surface area (Å²) in [7, 11) is 0. The predicted octanol–water partition coefficient (Wildman–Crippen LogP) is 2.59. The highest BCUT2D eigenvalue weighted by Crippen LogP contribution is 2.31. The second-order valence-electron chi connectivity index (χ2n) is 6.08. The van der Waals surface area contributed by atoms with E-state index in [0.29, 0.717) is 18.5 Å². The van der Waals surface area contributed by atoms with E-state index in [0.717, 1.165) is 12.8 Å². The zero-order valence-corrected chi connectivity index (χ0v) is 11.5. The van der Waals surface area contributed by atoms with Crippen molar-refractivity contribution in [2.24, 2.45) is 17.6 Å². The summed E-state index contributed by atoms with van der Waals surface area (Å²) in [6.45, 7) is 0.669. The average Bonchev–Trinajstić information content (AvgIpc) is 2.80. The second-order valence-corrected chi connectivity index (χ2v) is 6.08. The number of carbonyl (C=O) groups is 1. The lowest BCUT2D eigenvalue weighted by molar-refractivity contribution is -0.126. The van der Waals surface area contributed by atoms with Gasteiger partial charge in [0, 0.05) is 12.0 Å². The molecule has 0 aromatic heterocycles. The summed E-state index contributed by atoms with van der Waals surface area (Å²) in [6.07, 6.45) is 12.3. The Labute approximate surface area is 111 Å². The van der Waals surface area contributed by atoms with Crippen LogP contribution in [-0.2, 0) is 4.79 Å². The molecule has 2 atom stereocenters. The van der Waals surface area contributed by atoms with Crippen LogP contribution in [0.15, 0.2) is 0 Å². The van der Waals surface area contributed by atoms with Crippen LogP contribution in [0.5, 0.6) is 0 Å². The molecule has 0 heterocycles. The van der Waals surface area contributed by atoms with Crippen LogP contribution in [0.25, 0.3) is 0 Å². The van der Waals surface area contributed by atoms with Crippen LogP contribution < -0.4 is 11.1 Å². The van der Waals surface area contributed by atoms with E-state index in [-0.39, 0.29) is 11.8 Å². The minimum Gasteiger partial charge on any atom is -0.353 e. The van der Waals surface area contributed by atoms with E-state index < -0.39 is 0 Å². The molecular formula is C15H28N2O. The maximum absolute atomic E-state index is 12.3. The topological polar surface area (TPSA) is 55.1 Å². The molecule has 2 fully saturated rings. The van der Waals surface area contributed by atoms with Crippen molar-refractivity contribution in [3.05, 3.63) is 0 Å².